The normalized spacial score (nSPS) is 15.5. The Labute approximate surface area is 204 Å². The van der Waals surface area contributed by atoms with Crippen molar-refractivity contribution in [3.8, 4) is 33.4 Å². The first-order valence-electron chi connectivity index (χ1n) is 11.8. The highest BCUT2D eigenvalue weighted by Gasteiger charge is 2.37. The third kappa shape index (κ3) is 3.07. The van der Waals surface area contributed by atoms with Crippen LogP contribution in [0.15, 0.2) is 122 Å². The monoisotopic (exact) mass is 450 g/mol. The molecule has 0 spiro atoms. The Bertz CT molecular complexity index is 1520. The van der Waals surface area contributed by atoms with Crippen LogP contribution in [0.2, 0.25) is 0 Å². The van der Waals surface area contributed by atoms with Gasteiger partial charge >= 0.3 is 0 Å². The quantitative estimate of drug-likeness (QED) is 0.325. The Balaban J connectivity index is 1.49. The van der Waals surface area contributed by atoms with Gasteiger partial charge in [0, 0.05) is 47.7 Å². The van der Waals surface area contributed by atoms with Gasteiger partial charge in [0.25, 0.3) is 0 Å². The van der Waals surface area contributed by atoms with Crippen molar-refractivity contribution in [2.24, 2.45) is 0 Å². The Morgan fingerprint density at radius 1 is 0.571 bits per heavy atom. The highest BCUT2D eigenvalue weighted by molar-refractivity contribution is 6.00. The van der Waals surface area contributed by atoms with Crippen molar-refractivity contribution < 1.29 is 0 Å². The zero-order chi connectivity index (χ0) is 23.2. The van der Waals surface area contributed by atoms with Gasteiger partial charge in [-0.1, -0.05) is 60.7 Å². The molecular weight excluding hydrogens is 428 g/mol. The summed E-state index contributed by atoms with van der Waals surface area (Å²) >= 11 is 0. The number of nitrogens with one attached hydrogen (secondary N) is 1. The number of anilines is 1. The number of benzene rings is 3. The Kier molecular flexibility index (Phi) is 4.49. The van der Waals surface area contributed by atoms with Gasteiger partial charge in [-0.3, -0.25) is 9.97 Å². The molecule has 1 atom stereocenters. The Hall–Kier alpha value is -4.70. The second-order valence-electron chi connectivity index (χ2n) is 8.77. The molecule has 4 heterocycles. The molecule has 1 N–H and O–H groups in total. The second kappa shape index (κ2) is 7.96. The number of hydrogen-bond donors (Lipinski definition) is 1. The highest BCUT2D eigenvalue weighted by atomic mass is 15.3. The van der Waals surface area contributed by atoms with Crippen molar-refractivity contribution >= 4 is 11.4 Å². The zero-order valence-corrected chi connectivity index (χ0v) is 19.0. The molecule has 4 nitrogen and oxygen atoms in total. The molecule has 0 saturated heterocycles. The molecule has 0 amide bonds. The summed E-state index contributed by atoms with van der Waals surface area (Å²) < 4.78 is 0. The minimum absolute atomic E-state index is 0.0342. The fraction of sp³-hybridized carbons (Fsp3) is 0.0323. The van der Waals surface area contributed by atoms with Crippen LogP contribution in [-0.2, 0) is 0 Å². The first-order chi connectivity index (χ1) is 17.4. The third-order valence-electron chi connectivity index (χ3n) is 6.91. The average molecular weight is 451 g/mol. The lowest BCUT2D eigenvalue weighted by Crippen LogP contribution is -2.32. The maximum Gasteiger partial charge on any atom is 0.130 e. The predicted molar refractivity (Wildman–Crippen MR) is 141 cm³/mol. The van der Waals surface area contributed by atoms with E-state index in [9.17, 15) is 0 Å². The lowest BCUT2D eigenvalue weighted by atomic mass is 9.88. The van der Waals surface area contributed by atoms with Crippen LogP contribution in [0.25, 0.3) is 39.1 Å². The molecule has 0 radical (unpaired) electrons. The summed E-state index contributed by atoms with van der Waals surface area (Å²) in [5.41, 5.74) is 12.0. The van der Waals surface area contributed by atoms with Crippen LogP contribution in [0.5, 0.6) is 0 Å². The molecule has 1 unspecified atom stereocenters. The maximum absolute atomic E-state index is 4.25. The van der Waals surface area contributed by atoms with Crippen LogP contribution in [0.3, 0.4) is 0 Å². The van der Waals surface area contributed by atoms with Crippen molar-refractivity contribution in [1.29, 1.82) is 0 Å². The summed E-state index contributed by atoms with van der Waals surface area (Å²) in [6.07, 6.45) is 9.63. The second-order valence-corrected chi connectivity index (χ2v) is 8.77. The first-order valence-corrected chi connectivity index (χ1v) is 11.8. The Morgan fingerprint density at radius 2 is 1.14 bits per heavy atom. The number of hydrogen-bond acceptors (Lipinski definition) is 4. The van der Waals surface area contributed by atoms with Gasteiger partial charge in [-0.15, -0.1) is 0 Å². The van der Waals surface area contributed by atoms with Crippen LogP contribution in [0, 0.1) is 0 Å². The summed E-state index contributed by atoms with van der Waals surface area (Å²) in [4.78, 5) is 11.0. The molecule has 2 aromatic heterocycles. The number of nitrogens with zero attached hydrogens (tertiary/aromatic N) is 3. The standard InChI is InChI=1S/C31H22N4/c1-2-8-27-25(6-1)26-7-3-4-11-28(26)35-29(20-34-31(27)35)30-23(21-12-16-32-17-13-21)9-5-10-24(30)22-14-18-33-19-15-22/h1-20,31,34H. The van der Waals surface area contributed by atoms with E-state index in [1.54, 1.807) is 0 Å². The van der Waals surface area contributed by atoms with Crippen molar-refractivity contribution in [1.82, 2.24) is 15.3 Å². The van der Waals surface area contributed by atoms with Gasteiger partial charge in [0.2, 0.25) is 0 Å². The van der Waals surface area contributed by atoms with Gasteiger partial charge in [-0.2, -0.15) is 0 Å². The van der Waals surface area contributed by atoms with E-state index >= 15 is 0 Å². The molecular formula is C31H22N4. The molecule has 4 heteroatoms. The summed E-state index contributed by atoms with van der Waals surface area (Å²) in [7, 11) is 0. The molecule has 5 aromatic rings. The molecule has 2 aliphatic rings. The van der Waals surface area contributed by atoms with Crippen LogP contribution < -0.4 is 10.2 Å². The first kappa shape index (κ1) is 19.7. The molecule has 0 saturated carbocycles. The number of fused-ring (bicyclic) bond motifs is 6. The zero-order valence-electron chi connectivity index (χ0n) is 19.0. The number of rotatable bonds is 3. The molecule has 7 rings (SSSR count). The fourth-order valence-electron chi connectivity index (χ4n) is 5.40. The van der Waals surface area contributed by atoms with Crippen LogP contribution in [0.4, 0.5) is 5.69 Å². The van der Waals surface area contributed by atoms with Crippen molar-refractivity contribution in [3.05, 3.63) is 133 Å². The molecule has 2 aliphatic heterocycles. The molecule has 166 valence electrons. The lowest BCUT2D eigenvalue weighted by molar-refractivity contribution is 0.666. The van der Waals surface area contributed by atoms with E-state index < -0.39 is 0 Å². The van der Waals surface area contributed by atoms with Gasteiger partial charge < -0.3 is 10.2 Å². The molecule has 35 heavy (non-hydrogen) atoms. The fourth-order valence-corrected chi connectivity index (χ4v) is 5.40. The van der Waals surface area contributed by atoms with E-state index in [2.05, 4.69) is 117 Å². The minimum Gasteiger partial charge on any atom is -0.365 e. The van der Waals surface area contributed by atoms with Crippen molar-refractivity contribution in [2.45, 2.75) is 6.17 Å². The van der Waals surface area contributed by atoms with E-state index in [0.29, 0.717) is 0 Å². The maximum atomic E-state index is 4.25. The smallest absolute Gasteiger partial charge is 0.130 e. The molecule has 0 fully saturated rings. The topological polar surface area (TPSA) is 41.1 Å². The van der Waals surface area contributed by atoms with Gasteiger partial charge in [0.15, 0.2) is 0 Å². The van der Waals surface area contributed by atoms with E-state index in [4.69, 9.17) is 0 Å². The van der Waals surface area contributed by atoms with Crippen LogP contribution >= 0.6 is 0 Å². The van der Waals surface area contributed by atoms with Gasteiger partial charge in [-0.05, 0) is 58.1 Å². The summed E-state index contributed by atoms with van der Waals surface area (Å²) in [6.45, 7) is 0. The molecule has 0 aliphatic carbocycles. The SMILES string of the molecule is C1=C(c2c(-c3ccncc3)cccc2-c2ccncc2)N2c3ccccc3-c3ccccc3C2N1. The highest BCUT2D eigenvalue weighted by Crippen LogP contribution is 2.51. The van der Waals surface area contributed by atoms with Crippen LogP contribution in [0.1, 0.15) is 17.3 Å². The van der Waals surface area contributed by atoms with E-state index in [1.165, 1.54) is 39.1 Å². The summed E-state index contributed by atoms with van der Waals surface area (Å²) in [5, 5.41) is 3.70. The minimum atomic E-state index is 0.0342. The van der Waals surface area contributed by atoms with E-state index in [0.717, 1.165) is 16.8 Å². The lowest BCUT2D eigenvalue weighted by Gasteiger charge is -2.37. The summed E-state index contributed by atoms with van der Waals surface area (Å²) in [6, 6.07) is 32.2. The van der Waals surface area contributed by atoms with Gasteiger partial charge in [-0.25, -0.2) is 0 Å². The van der Waals surface area contributed by atoms with E-state index in [-0.39, 0.29) is 6.17 Å². The third-order valence-corrected chi connectivity index (χ3v) is 6.91. The van der Waals surface area contributed by atoms with Gasteiger partial charge in [0.1, 0.15) is 6.17 Å². The molecule has 3 aromatic carbocycles. The number of pyridine rings is 2. The van der Waals surface area contributed by atoms with Crippen LogP contribution in [-0.4, -0.2) is 9.97 Å². The van der Waals surface area contributed by atoms with Crippen molar-refractivity contribution in [2.75, 3.05) is 4.90 Å². The largest absolute Gasteiger partial charge is 0.365 e. The average Bonchev–Trinajstić information content (AvgIpc) is 3.39. The van der Waals surface area contributed by atoms with E-state index in [1.807, 2.05) is 24.8 Å². The number of aromatic nitrogens is 2. The van der Waals surface area contributed by atoms with Crippen molar-refractivity contribution in [3.63, 3.8) is 0 Å². The molecule has 0 bridgehead atoms. The van der Waals surface area contributed by atoms with Gasteiger partial charge in [0.05, 0.1) is 11.4 Å². The Morgan fingerprint density at radius 3 is 1.83 bits per heavy atom. The predicted octanol–water partition coefficient (Wildman–Crippen LogP) is 6.90. The summed E-state index contributed by atoms with van der Waals surface area (Å²) in [5.74, 6) is 0. The number of para-hydroxylation sites is 1.